The minimum Gasteiger partial charge on any atom is -0.393 e. The van der Waals surface area contributed by atoms with Crippen molar-refractivity contribution in [2.24, 2.45) is 46.3 Å². The number of aliphatic hydroxyl groups excluding tert-OH is 1. The van der Waals surface area contributed by atoms with Gasteiger partial charge in [-0.1, -0.05) is 27.2 Å². The van der Waals surface area contributed by atoms with Crippen molar-refractivity contribution in [1.29, 1.82) is 0 Å². The molecule has 2 heteroatoms. The van der Waals surface area contributed by atoms with Crippen LogP contribution in [0.4, 0.5) is 0 Å². The van der Waals surface area contributed by atoms with E-state index in [4.69, 9.17) is 0 Å². The molecule has 9 atom stereocenters. The smallest absolute Gasteiger partial charge is 0.118 e. The third kappa shape index (κ3) is 2.89. The number of hydrogen-bond acceptors (Lipinski definition) is 1. The van der Waals surface area contributed by atoms with Gasteiger partial charge in [-0.25, -0.2) is 0 Å². The molecule has 0 spiro atoms. The SMILES string of the molecule is C[C@H](C[CH2][Al])[C@H]1CC[C@H]2[C@@H]3CC[C@@H]4C[C@H](O)CC[C@]4(C)C3CC[C@]12C. The van der Waals surface area contributed by atoms with Crippen LogP contribution in [-0.4, -0.2) is 27.5 Å². The molecule has 0 bridgehead atoms. The molecule has 0 aliphatic heterocycles. The number of hydrogen-bond donors (Lipinski definition) is 1. The molecule has 1 unspecified atom stereocenters. The average Bonchev–Trinajstić information content (AvgIpc) is 2.93. The van der Waals surface area contributed by atoms with Gasteiger partial charge in [0.15, 0.2) is 0 Å². The van der Waals surface area contributed by atoms with Crippen LogP contribution in [0.15, 0.2) is 0 Å². The van der Waals surface area contributed by atoms with Gasteiger partial charge in [-0.05, 0) is 104 Å². The maximum absolute atomic E-state index is 10.2. The van der Waals surface area contributed by atoms with E-state index in [1.807, 2.05) is 0 Å². The van der Waals surface area contributed by atoms with Crippen LogP contribution in [-0.2, 0) is 0 Å². The Hall–Kier alpha value is 0.492. The Morgan fingerprint density at radius 3 is 2.44 bits per heavy atom. The van der Waals surface area contributed by atoms with Gasteiger partial charge < -0.3 is 5.11 Å². The van der Waals surface area contributed by atoms with E-state index in [0.29, 0.717) is 10.8 Å². The van der Waals surface area contributed by atoms with Gasteiger partial charge in [-0.3, -0.25) is 0 Å². The Balaban J connectivity index is 1.56. The van der Waals surface area contributed by atoms with Crippen LogP contribution in [0.3, 0.4) is 0 Å². The molecule has 4 rings (SSSR count). The van der Waals surface area contributed by atoms with Crippen LogP contribution in [0.5, 0.6) is 0 Å². The highest BCUT2D eigenvalue weighted by atomic mass is 27.0. The van der Waals surface area contributed by atoms with Crippen molar-refractivity contribution in [3.05, 3.63) is 0 Å². The highest BCUT2D eigenvalue weighted by molar-refractivity contribution is 6.08. The fourth-order valence-electron chi connectivity index (χ4n) is 8.67. The maximum atomic E-state index is 10.2. The van der Waals surface area contributed by atoms with E-state index < -0.39 is 0 Å². The molecule has 0 heterocycles. The van der Waals surface area contributed by atoms with Crippen molar-refractivity contribution in [2.45, 2.75) is 96.4 Å². The lowest BCUT2D eigenvalue weighted by Crippen LogP contribution is -2.54. The molecule has 25 heavy (non-hydrogen) atoms. The second kappa shape index (κ2) is 6.83. The van der Waals surface area contributed by atoms with Gasteiger partial charge in [0.05, 0.1) is 6.10 Å². The summed E-state index contributed by atoms with van der Waals surface area (Å²) in [5.41, 5.74) is 1.16. The largest absolute Gasteiger partial charge is 0.393 e. The van der Waals surface area contributed by atoms with Gasteiger partial charge in [0, 0.05) is 0 Å². The molecule has 4 aliphatic carbocycles. The summed E-state index contributed by atoms with van der Waals surface area (Å²) in [6.45, 7) is 7.84. The molecular formula is C23H39AlO. The zero-order valence-corrected chi connectivity index (χ0v) is 18.0. The van der Waals surface area contributed by atoms with Gasteiger partial charge >= 0.3 is 0 Å². The first kappa shape index (κ1) is 18.8. The number of rotatable bonds is 3. The van der Waals surface area contributed by atoms with Crippen LogP contribution in [0, 0.1) is 46.3 Å². The van der Waals surface area contributed by atoms with Crippen LogP contribution in [0.1, 0.15) is 85.0 Å². The van der Waals surface area contributed by atoms with Crippen molar-refractivity contribution in [2.75, 3.05) is 0 Å². The van der Waals surface area contributed by atoms with Crippen LogP contribution in [0.25, 0.3) is 0 Å². The number of aliphatic hydroxyl groups is 1. The van der Waals surface area contributed by atoms with Crippen molar-refractivity contribution in [1.82, 2.24) is 0 Å². The van der Waals surface area contributed by atoms with E-state index in [9.17, 15) is 5.11 Å². The Kier molecular flexibility index (Phi) is 5.15. The van der Waals surface area contributed by atoms with Crippen LogP contribution in [0.2, 0.25) is 5.28 Å². The average molecular weight is 359 g/mol. The molecule has 4 aliphatic rings. The summed E-state index contributed by atoms with van der Waals surface area (Å²) >= 11 is 2.95. The molecule has 1 nitrogen and oxygen atoms in total. The van der Waals surface area contributed by atoms with Crippen molar-refractivity contribution < 1.29 is 5.11 Å². The molecule has 0 aromatic carbocycles. The third-order valence-corrected chi connectivity index (χ3v) is 10.4. The summed E-state index contributed by atoms with van der Waals surface area (Å²) < 4.78 is 0. The summed E-state index contributed by atoms with van der Waals surface area (Å²) in [7, 11) is 0. The highest BCUT2D eigenvalue weighted by Gasteiger charge is 2.60. The van der Waals surface area contributed by atoms with E-state index >= 15 is 0 Å². The summed E-state index contributed by atoms with van der Waals surface area (Å²) in [5, 5.41) is 11.5. The third-order valence-electron chi connectivity index (χ3n) is 10.0. The monoisotopic (exact) mass is 358 g/mol. The second-order valence-corrected chi connectivity index (χ2v) is 11.4. The lowest BCUT2D eigenvalue weighted by atomic mass is 9.44. The fourth-order valence-corrected chi connectivity index (χ4v) is 9.20. The predicted octanol–water partition coefficient (Wildman–Crippen LogP) is 5.62. The van der Waals surface area contributed by atoms with Gasteiger partial charge in [-0.2, -0.15) is 0 Å². The highest BCUT2D eigenvalue weighted by Crippen LogP contribution is 2.68. The molecule has 0 saturated heterocycles. The van der Waals surface area contributed by atoms with E-state index in [0.717, 1.165) is 48.3 Å². The molecule has 0 aromatic rings. The van der Waals surface area contributed by atoms with Gasteiger partial charge in [-0.15, -0.1) is 5.28 Å². The normalized spacial score (nSPS) is 53.6. The molecule has 4 fully saturated rings. The van der Waals surface area contributed by atoms with Crippen LogP contribution >= 0.6 is 0 Å². The quantitative estimate of drug-likeness (QED) is 0.649. The van der Waals surface area contributed by atoms with E-state index in [1.165, 1.54) is 56.6 Å². The molecule has 140 valence electrons. The summed E-state index contributed by atoms with van der Waals surface area (Å²) in [6, 6.07) is 0. The van der Waals surface area contributed by atoms with Gasteiger partial charge in [0.2, 0.25) is 0 Å². The minimum absolute atomic E-state index is 0.00731. The van der Waals surface area contributed by atoms with Crippen molar-refractivity contribution in [3.8, 4) is 0 Å². The zero-order chi connectivity index (χ0) is 17.8. The minimum atomic E-state index is -0.00731. The van der Waals surface area contributed by atoms with Crippen molar-refractivity contribution >= 4 is 16.3 Å². The lowest BCUT2D eigenvalue weighted by molar-refractivity contribution is -0.129. The predicted molar refractivity (Wildman–Crippen MR) is 106 cm³/mol. The Morgan fingerprint density at radius 1 is 0.960 bits per heavy atom. The Morgan fingerprint density at radius 2 is 1.68 bits per heavy atom. The lowest BCUT2D eigenvalue weighted by Gasteiger charge is -2.61. The fraction of sp³-hybridized carbons (Fsp3) is 1.00. The molecule has 0 aromatic heterocycles. The molecule has 4 saturated carbocycles. The molecule has 1 N–H and O–H groups in total. The molecule has 2 radical (unpaired) electrons. The first-order valence-corrected chi connectivity index (χ1v) is 12.1. The number of fused-ring (bicyclic) bond motifs is 5. The van der Waals surface area contributed by atoms with E-state index in [1.54, 1.807) is 0 Å². The molecular weight excluding hydrogens is 319 g/mol. The van der Waals surface area contributed by atoms with Crippen LogP contribution < -0.4 is 0 Å². The summed E-state index contributed by atoms with van der Waals surface area (Å²) in [6.07, 6.45) is 13.6. The zero-order valence-electron chi connectivity index (χ0n) is 16.8. The second-order valence-electron chi connectivity index (χ2n) is 10.9. The summed E-state index contributed by atoms with van der Waals surface area (Å²) in [5.74, 6) is 5.61. The standard InChI is InChI=1S/C23H39O.Al/c1-5-15(2)19-8-9-20-18-7-6-16-14-17(24)10-12-22(16,3)21(18)11-13-23(19,20)4;/h15-21,24H,1,5-14H2,2-4H3;/t15-,16-,17-,18+,19-,20+,21?,22+,23-;/m1./s1. The van der Waals surface area contributed by atoms with Gasteiger partial charge in [0.1, 0.15) is 16.3 Å². The summed E-state index contributed by atoms with van der Waals surface area (Å²) in [4.78, 5) is 0. The topological polar surface area (TPSA) is 20.2 Å². The first-order chi connectivity index (χ1) is 11.9. The van der Waals surface area contributed by atoms with E-state index in [2.05, 4.69) is 37.1 Å². The first-order valence-electron chi connectivity index (χ1n) is 11.3. The Labute approximate surface area is 164 Å². The maximum Gasteiger partial charge on any atom is 0.118 e. The molecule has 0 amide bonds. The Bertz CT molecular complexity index is 492. The van der Waals surface area contributed by atoms with Crippen molar-refractivity contribution in [3.63, 3.8) is 0 Å². The van der Waals surface area contributed by atoms with Gasteiger partial charge in [0.25, 0.3) is 0 Å². The van der Waals surface area contributed by atoms with E-state index in [-0.39, 0.29) is 6.10 Å².